The molecule has 2 atom stereocenters. The second kappa shape index (κ2) is 13.1. The molecule has 9 nitrogen and oxygen atoms in total. The van der Waals surface area contributed by atoms with Gasteiger partial charge in [-0.05, 0) is 93.8 Å². The molecular weight excluding hydrogens is 673 g/mol. The van der Waals surface area contributed by atoms with Crippen LogP contribution in [0, 0.1) is 19.8 Å². The third-order valence-electron chi connectivity index (χ3n) is 9.46. The number of piperidine rings is 1. The Bertz CT molecular complexity index is 2080. The Labute approximate surface area is 296 Å². The first-order chi connectivity index (χ1) is 23.3. The number of thiophene rings is 1. The van der Waals surface area contributed by atoms with E-state index in [4.69, 9.17) is 5.10 Å². The van der Waals surface area contributed by atoms with Gasteiger partial charge in [0.15, 0.2) is 0 Å². The van der Waals surface area contributed by atoms with Crippen molar-refractivity contribution >= 4 is 50.2 Å². The van der Waals surface area contributed by atoms with Gasteiger partial charge < -0.3 is 5.32 Å². The molecule has 0 spiro atoms. The van der Waals surface area contributed by atoms with E-state index in [1.807, 2.05) is 73.8 Å². The Kier molecular flexibility index (Phi) is 9.01. The zero-order valence-electron chi connectivity index (χ0n) is 28.4. The van der Waals surface area contributed by atoms with Crippen molar-refractivity contribution in [1.29, 1.82) is 0 Å². The maximum absolute atomic E-state index is 13.9. The first-order valence-corrected chi connectivity index (χ1v) is 19.9. The van der Waals surface area contributed by atoms with Gasteiger partial charge in [-0.25, -0.2) is 22.9 Å². The molecule has 2 aliphatic rings. The maximum Gasteiger partial charge on any atom is 0.324 e. The van der Waals surface area contributed by atoms with E-state index >= 15 is 0 Å². The average Bonchev–Trinajstić information content (AvgIpc) is 3.84. The molecule has 2 bridgehead atoms. The smallest absolute Gasteiger partial charge is 0.308 e. The van der Waals surface area contributed by atoms with E-state index in [2.05, 4.69) is 42.5 Å². The number of carbonyl (C=O) groups excluding carboxylic acids is 1. The van der Waals surface area contributed by atoms with Crippen molar-refractivity contribution in [3.8, 4) is 16.3 Å². The minimum atomic E-state index is -3.58. The van der Waals surface area contributed by atoms with Crippen molar-refractivity contribution in [2.24, 2.45) is 5.92 Å². The minimum absolute atomic E-state index is 0.00396. The molecule has 2 N–H and O–H groups in total. The summed E-state index contributed by atoms with van der Waals surface area (Å²) in [5.74, 6) is 0.959. The highest BCUT2D eigenvalue weighted by molar-refractivity contribution is 7.91. The van der Waals surface area contributed by atoms with Crippen LogP contribution in [0.1, 0.15) is 68.3 Å². The lowest BCUT2D eigenvalue weighted by atomic mass is 9.87. The van der Waals surface area contributed by atoms with Crippen molar-refractivity contribution < 1.29 is 13.2 Å². The molecule has 2 fully saturated rings. The Morgan fingerprint density at radius 3 is 2.37 bits per heavy atom. The van der Waals surface area contributed by atoms with Gasteiger partial charge in [-0.15, -0.1) is 22.7 Å². The summed E-state index contributed by atoms with van der Waals surface area (Å²) in [6.45, 7) is 10.3. The number of benzene rings is 2. The van der Waals surface area contributed by atoms with E-state index in [0.717, 1.165) is 70.2 Å². The lowest BCUT2D eigenvalue weighted by Gasteiger charge is -2.37. The molecule has 0 aliphatic carbocycles. The number of carbonyl (C=O) groups is 1. The fourth-order valence-electron chi connectivity index (χ4n) is 7.09. The van der Waals surface area contributed by atoms with Crippen LogP contribution in [-0.2, 0) is 21.9 Å². The van der Waals surface area contributed by atoms with Gasteiger partial charge in [-0.3, -0.25) is 5.32 Å². The van der Waals surface area contributed by atoms with E-state index in [-0.39, 0.29) is 23.5 Å². The minimum Gasteiger partial charge on any atom is -0.308 e. The first kappa shape index (κ1) is 33.6. The van der Waals surface area contributed by atoms with E-state index in [1.165, 1.54) is 11.3 Å². The zero-order valence-corrected chi connectivity index (χ0v) is 30.9. The summed E-state index contributed by atoms with van der Waals surface area (Å²) in [7, 11) is -3.58. The molecule has 12 heteroatoms. The molecule has 5 heterocycles. The molecule has 49 heavy (non-hydrogen) atoms. The number of nitrogens with one attached hydrogen (secondary N) is 2. The number of thiazole rings is 1. The summed E-state index contributed by atoms with van der Waals surface area (Å²) in [6.07, 6.45) is 4.27. The average molecular weight is 715 g/mol. The van der Waals surface area contributed by atoms with Gasteiger partial charge >= 0.3 is 6.03 Å². The normalized spacial score (nSPS) is 19.7. The highest BCUT2D eigenvalue weighted by Gasteiger charge is 2.47. The van der Waals surface area contributed by atoms with Gasteiger partial charge in [0.25, 0.3) is 10.0 Å². The fourth-order valence-corrected chi connectivity index (χ4v) is 11.0. The number of fused-ring (bicyclic) bond motifs is 2. The number of sulfonamides is 1. The molecule has 0 radical (unpaired) electrons. The van der Waals surface area contributed by atoms with Gasteiger partial charge in [0.1, 0.15) is 10.0 Å². The summed E-state index contributed by atoms with van der Waals surface area (Å²) < 4.78 is 31.7. The lowest BCUT2D eigenvalue weighted by Crippen LogP contribution is -2.46. The lowest BCUT2D eigenvalue weighted by molar-refractivity contribution is 0.190. The Morgan fingerprint density at radius 2 is 1.69 bits per heavy atom. The summed E-state index contributed by atoms with van der Waals surface area (Å²) in [6, 6.07) is 21.2. The third kappa shape index (κ3) is 7.10. The summed E-state index contributed by atoms with van der Waals surface area (Å²) in [5, 5.41) is 13.8. The number of aromatic nitrogens is 3. The molecule has 2 aliphatic heterocycles. The van der Waals surface area contributed by atoms with Crippen molar-refractivity contribution in [3.63, 3.8) is 0 Å². The van der Waals surface area contributed by atoms with Crippen LogP contribution < -0.4 is 10.6 Å². The standard InChI is InChI=1S/C37H42N6O3S3/c1-23-9-11-28(12-10-23)42-34(21-33(41-42)37(3,4)5)40-36(44)39-27-8-6-7-25(18-27)17-26-19-29-13-14-30(20-26)43(29)49(45,46)35-16-15-32(48-35)31-22-47-24(2)38-31/h6-12,15-16,18,21-22,26,29-30H,13-14,17,19-20H2,1-5H3,(H2,39,40,44). The number of hydrogen-bond donors (Lipinski definition) is 2. The highest BCUT2D eigenvalue weighted by atomic mass is 32.2. The number of aryl methyl sites for hydroxylation is 2. The van der Waals surface area contributed by atoms with Crippen LogP contribution in [0.2, 0.25) is 0 Å². The number of hydrogen-bond acceptors (Lipinski definition) is 7. The van der Waals surface area contributed by atoms with Crippen molar-refractivity contribution in [2.45, 2.75) is 88.4 Å². The van der Waals surface area contributed by atoms with Crippen molar-refractivity contribution in [1.82, 2.24) is 19.1 Å². The molecular formula is C37H42N6O3S3. The van der Waals surface area contributed by atoms with Crippen LogP contribution >= 0.6 is 22.7 Å². The molecule has 3 aromatic heterocycles. The van der Waals surface area contributed by atoms with Crippen molar-refractivity contribution in [2.75, 3.05) is 10.6 Å². The Balaban J connectivity index is 1.01. The molecule has 2 saturated heterocycles. The van der Waals surface area contributed by atoms with Gasteiger partial charge in [-0.1, -0.05) is 50.6 Å². The van der Waals surface area contributed by atoms with Crippen LogP contribution in [0.15, 0.2) is 76.3 Å². The summed E-state index contributed by atoms with van der Waals surface area (Å²) in [5.41, 5.74) is 5.39. The number of amides is 2. The number of urea groups is 1. The van der Waals surface area contributed by atoms with Crippen LogP contribution in [0.4, 0.5) is 16.3 Å². The van der Waals surface area contributed by atoms with Gasteiger partial charge in [0.05, 0.1) is 27.0 Å². The number of rotatable bonds is 8. The van der Waals surface area contributed by atoms with E-state index < -0.39 is 10.0 Å². The molecule has 7 rings (SSSR count). The van der Waals surface area contributed by atoms with E-state index in [1.54, 1.807) is 26.4 Å². The summed E-state index contributed by atoms with van der Waals surface area (Å²) >= 11 is 2.88. The van der Waals surface area contributed by atoms with Crippen LogP contribution in [0.25, 0.3) is 16.3 Å². The van der Waals surface area contributed by atoms with Gasteiger partial charge in [-0.2, -0.15) is 9.40 Å². The Hall–Kier alpha value is -3.84. The predicted octanol–water partition coefficient (Wildman–Crippen LogP) is 8.79. The zero-order chi connectivity index (χ0) is 34.5. The highest BCUT2D eigenvalue weighted by Crippen LogP contribution is 2.44. The second-order valence-electron chi connectivity index (χ2n) is 14.3. The SMILES string of the molecule is Cc1ccc(-n2nc(C(C)(C)C)cc2NC(=O)Nc2cccc(CC3CC4CCC(C3)N4S(=O)(=O)c3ccc(-c4csc(C)n4)s3)c2)cc1. The molecule has 2 amide bonds. The predicted molar refractivity (Wildman–Crippen MR) is 199 cm³/mol. The van der Waals surface area contributed by atoms with Crippen LogP contribution in [-0.4, -0.2) is 45.6 Å². The molecule has 0 saturated carbocycles. The topological polar surface area (TPSA) is 109 Å². The van der Waals surface area contributed by atoms with Gasteiger partial charge in [0.2, 0.25) is 0 Å². The van der Waals surface area contributed by atoms with Crippen LogP contribution in [0.3, 0.4) is 0 Å². The number of nitrogens with zero attached hydrogens (tertiary/aromatic N) is 4. The summed E-state index contributed by atoms with van der Waals surface area (Å²) in [4.78, 5) is 18.7. The molecule has 5 aromatic rings. The monoisotopic (exact) mass is 714 g/mol. The maximum atomic E-state index is 13.9. The van der Waals surface area contributed by atoms with Gasteiger partial charge in [0, 0.05) is 34.6 Å². The van der Waals surface area contributed by atoms with Crippen LogP contribution in [0.5, 0.6) is 0 Å². The van der Waals surface area contributed by atoms with E-state index in [0.29, 0.717) is 21.6 Å². The second-order valence-corrected chi connectivity index (χ2v) is 18.5. The third-order valence-corrected chi connectivity index (χ3v) is 13.8. The van der Waals surface area contributed by atoms with Crippen molar-refractivity contribution in [3.05, 3.63) is 93.9 Å². The molecule has 2 unspecified atom stereocenters. The first-order valence-electron chi connectivity index (χ1n) is 16.7. The molecule has 256 valence electrons. The van der Waals surface area contributed by atoms with E-state index in [9.17, 15) is 13.2 Å². The quantitative estimate of drug-likeness (QED) is 0.167. The Morgan fingerprint density at radius 1 is 0.959 bits per heavy atom. The molecule has 2 aromatic carbocycles. The number of anilines is 2. The fraction of sp³-hybridized carbons (Fsp3) is 0.378. The largest absolute Gasteiger partial charge is 0.324 e.